The third-order valence-corrected chi connectivity index (χ3v) is 2.56. The maximum absolute atomic E-state index is 12.7. The zero-order valence-electron chi connectivity index (χ0n) is 9.68. The molecule has 0 aliphatic rings. The van der Waals surface area contributed by atoms with E-state index in [4.69, 9.17) is 5.73 Å². The number of halogens is 6. The van der Waals surface area contributed by atoms with Crippen molar-refractivity contribution in [3.63, 3.8) is 0 Å². The Morgan fingerprint density at radius 3 is 1.95 bits per heavy atom. The SMILES string of the molecule is C[C@H](O)[C@H](N)c1ccc(C(F)(F)F)cc1C(F)(F)F. The van der Waals surface area contributed by atoms with Crippen LogP contribution >= 0.6 is 0 Å². The van der Waals surface area contributed by atoms with E-state index in [0.717, 1.165) is 6.92 Å². The smallest absolute Gasteiger partial charge is 0.391 e. The van der Waals surface area contributed by atoms with E-state index in [-0.39, 0.29) is 6.07 Å². The van der Waals surface area contributed by atoms with Crippen molar-refractivity contribution in [2.45, 2.75) is 31.4 Å². The fraction of sp³-hybridized carbons (Fsp3) is 0.455. The van der Waals surface area contributed by atoms with Crippen molar-refractivity contribution in [3.05, 3.63) is 34.9 Å². The molecule has 0 aliphatic heterocycles. The lowest BCUT2D eigenvalue weighted by Gasteiger charge is -2.21. The number of hydrogen-bond acceptors (Lipinski definition) is 2. The number of hydrogen-bond donors (Lipinski definition) is 2. The first-order valence-electron chi connectivity index (χ1n) is 5.16. The quantitative estimate of drug-likeness (QED) is 0.821. The van der Waals surface area contributed by atoms with Crippen LogP contribution in [-0.2, 0) is 12.4 Å². The summed E-state index contributed by atoms with van der Waals surface area (Å²) in [6.45, 7) is 1.16. The van der Waals surface area contributed by atoms with Gasteiger partial charge in [0.05, 0.1) is 23.3 Å². The van der Waals surface area contributed by atoms with Gasteiger partial charge < -0.3 is 10.8 Å². The standard InChI is InChI=1S/C11H11F6NO/c1-5(19)9(18)7-3-2-6(10(12,13)14)4-8(7)11(15,16)17/h2-5,9,19H,18H2,1H3/t5-,9-/m0/s1. The molecule has 0 radical (unpaired) electrons. The van der Waals surface area contributed by atoms with Gasteiger partial charge in [-0.3, -0.25) is 0 Å². The molecule has 0 unspecified atom stereocenters. The number of nitrogens with two attached hydrogens (primary N) is 1. The van der Waals surface area contributed by atoms with Crippen molar-refractivity contribution in [1.82, 2.24) is 0 Å². The summed E-state index contributed by atoms with van der Waals surface area (Å²) in [7, 11) is 0. The monoisotopic (exact) mass is 287 g/mol. The van der Waals surface area contributed by atoms with Crippen LogP contribution in [0.1, 0.15) is 29.7 Å². The van der Waals surface area contributed by atoms with Gasteiger partial charge in [-0.05, 0) is 24.6 Å². The van der Waals surface area contributed by atoms with Gasteiger partial charge in [0.15, 0.2) is 0 Å². The second-order valence-corrected chi connectivity index (χ2v) is 4.06. The fourth-order valence-electron chi connectivity index (χ4n) is 1.53. The number of benzene rings is 1. The molecular weight excluding hydrogens is 276 g/mol. The van der Waals surface area contributed by atoms with Crippen molar-refractivity contribution in [2.75, 3.05) is 0 Å². The van der Waals surface area contributed by atoms with Crippen LogP contribution in [0.15, 0.2) is 18.2 Å². The Kier molecular flexibility index (Phi) is 4.16. The minimum atomic E-state index is -4.98. The second kappa shape index (κ2) is 5.01. The molecule has 1 aromatic carbocycles. The maximum atomic E-state index is 12.7. The first-order chi connectivity index (χ1) is 8.44. The first-order valence-corrected chi connectivity index (χ1v) is 5.16. The summed E-state index contributed by atoms with van der Waals surface area (Å²) in [5.41, 5.74) is 1.88. The average molecular weight is 287 g/mol. The van der Waals surface area contributed by atoms with Gasteiger partial charge in [-0.15, -0.1) is 0 Å². The summed E-state index contributed by atoms with van der Waals surface area (Å²) in [5, 5.41) is 9.18. The predicted molar refractivity (Wildman–Crippen MR) is 55.1 cm³/mol. The summed E-state index contributed by atoms with van der Waals surface area (Å²) in [6.07, 6.45) is -11.2. The van der Waals surface area contributed by atoms with E-state index < -0.39 is 41.2 Å². The lowest BCUT2D eigenvalue weighted by Crippen LogP contribution is -2.26. The largest absolute Gasteiger partial charge is 0.416 e. The van der Waals surface area contributed by atoms with Gasteiger partial charge in [0, 0.05) is 0 Å². The molecule has 108 valence electrons. The summed E-state index contributed by atoms with van der Waals surface area (Å²) >= 11 is 0. The van der Waals surface area contributed by atoms with E-state index in [0.29, 0.717) is 12.1 Å². The minimum absolute atomic E-state index is 0.00241. The number of aliphatic hydroxyl groups excluding tert-OH is 1. The number of rotatable bonds is 2. The second-order valence-electron chi connectivity index (χ2n) is 4.06. The van der Waals surface area contributed by atoms with E-state index >= 15 is 0 Å². The molecule has 0 aromatic heterocycles. The first kappa shape index (κ1) is 15.8. The van der Waals surface area contributed by atoms with E-state index in [1.54, 1.807) is 0 Å². The summed E-state index contributed by atoms with van der Waals surface area (Å²) in [6, 6.07) is -0.271. The molecule has 0 aliphatic carbocycles. The Balaban J connectivity index is 3.42. The Bertz CT molecular complexity index is 451. The van der Waals surface area contributed by atoms with Gasteiger partial charge in [0.2, 0.25) is 0 Å². The van der Waals surface area contributed by atoms with Crippen LogP contribution in [0.4, 0.5) is 26.3 Å². The molecule has 0 saturated carbocycles. The van der Waals surface area contributed by atoms with Crippen LogP contribution in [0, 0.1) is 0 Å². The molecule has 1 aromatic rings. The van der Waals surface area contributed by atoms with Crippen LogP contribution < -0.4 is 5.73 Å². The fourth-order valence-corrected chi connectivity index (χ4v) is 1.53. The Morgan fingerprint density at radius 2 is 1.58 bits per heavy atom. The van der Waals surface area contributed by atoms with Crippen molar-refractivity contribution in [2.24, 2.45) is 5.73 Å². The molecule has 0 saturated heterocycles. The molecule has 8 heteroatoms. The van der Waals surface area contributed by atoms with Gasteiger partial charge in [0.1, 0.15) is 0 Å². The third kappa shape index (κ3) is 3.60. The molecule has 0 spiro atoms. The van der Waals surface area contributed by atoms with Crippen molar-refractivity contribution in [1.29, 1.82) is 0 Å². The van der Waals surface area contributed by atoms with Gasteiger partial charge in [0.25, 0.3) is 0 Å². The van der Waals surface area contributed by atoms with Crippen LogP contribution in [0.25, 0.3) is 0 Å². The van der Waals surface area contributed by atoms with E-state index in [1.807, 2.05) is 0 Å². The molecule has 2 atom stereocenters. The highest BCUT2D eigenvalue weighted by Gasteiger charge is 2.39. The average Bonchev–Trinajstić information content (AvgIpc) is 2.24. The molecule has 3 N–H and O–H groups in total. The number of alkyl halides is 6. The van der Waals surface area contributed by atoms with Crippen LogP contribution in [0.5, 0.6) is 0 Å². The number of aliphatic hydroxyl groups is 1. The summed E-state index contributed by atoms with van der Waals surface area (Å²) < 4.78 is 75.4. The topological polar surface area (TPSA) is 46.2 Å². The highest BCUT2D eigenvalue weighted by Crippen LogP contribution is 2.39. The zero-order chi connectivity index (χ0) is 15.0. The predicted octanol–water partition coefficient (Wildman–Crippen LogP) is 3.10. The maximum Gasteiger partial charge on any atom is 0.416 e. The molecular formula is C11H11F6NO. The van der Waals surface area contributed by atoms with Crippen molar-refractivity contribution >= 4 is 0 Å². The van der Waals surface area contributed by atoms with Crippen LogP contribution in [0.2, 0.25) is 0 Å². The zero-order valence-corrected chi connectivity index (χ0v) is 9.68. The normalized spacial score (nSPS) is 16.3. The lowest BCUT2D eigenvalue weighted by atomic mass is 9.95. The van der Waals surface area contributed by atoms with Crippen LogP contribution in [0.3, 0.4) is 0 Å². The minimum Gasteiger partial charge on any atom is -0.391 e. The molecule has 19 heavy (non-hydrogen) atoms. The van der Waals surface area contributed by atoms with Crippen molar-refractivity contribution in [3.8, 4) is 0 Å². The summed E-state index contributed by atoms with van der Waals surface area (Å²) in [5.74, 6) is 0. The Labute approximate surface area is 104 Å². The van der Waals surface area contributed by atoms with E-state index in [9.17, 15) is 31.4 Å². The van der Waals surface area contributed by atoms with Gasteiger partial charge in [-0.1, -0.05) is 6.07 Å². The highest BCUT2D eigenvalue weighted by molar-refractivity contribution is 5.37. The van der Waals surface area contributed by atoms with Gasteiger partial charge >= 0.3 is 12.4 Å². The molecule has 0 fully saturated rings. The molecule has 2 nitrogen and oxygen atoms in total. The van der Waals surface area contributed by atoms with E-state index in [1.165, 1.54) is 0 Å². The van der Waals surface area contributed by atoms with Crippen LogP contribution in [-0.4, -0.2) is 11.2 Å². The molecule has 1 rings (SSSR count). The molecule has 0 heterocycles. The Hall–Kier alpha value is -1.28. The van der Waals surface area contributed by atoms with E-state index in [2.05, 4.69) is 0 Å². The van der Waals surface area contributed by atoms with Crippen molar-refractivity contribution < 1.29 is 31.4 Å². The third-order valence-electron chi connectivity index (χ3n) is 2.56. The molecule has 0 bridgehead atoms. The highest BCUT2D eigenvalue weighted by atomic mass is 19.4. The lowest BCUT2D eigenvalue weighted by molar-refractivity contribution is -0.143. The molecule has 0 amide bonds. The van der Waals surface area contributed by atoms with Gasteiger partial charge in [-0.2, -0.15) is 26.3 Å². The summed E-state index contributed by atoms with van der Waals surface area (Å²) in [4.78, 5) is 0. The van der Waals surface area contributed by atoms with Gasteiger partial charge in [-0.25, -0.2) is 0 Å². The Morgan fingerprint density at radius 1 is 1.05 bits per heavy atom.